The number of aromatic amines is 1. The SMILES string of the molecule is Cc1ccccc1Cc1ncc(Cc2ccc(Br)cc2)[nH]1. The van der Waals surface area contributed by atoms with Gasteiger partial charge in [-0.2, -0.15) is 0 Å². The third kappa shape index (κ3) is 3.61. The molecule has 0 unspecified atom stereocenters. The summed E-state index contributed by atoms with van der Waals surface area (Å²) in [6.45, 7) is 2.14. The van der Waals surface area contributed by atoms with Crippen LogP contribution in [0.25, 0.3) is 0 Å². The van der Waals surface area contributed by atoms with Crippen molar-refractivity contribution in [3.63, 3.8) is 0 Å². The van der Waals surface area contributed by atoms with Crippen molar-refractivity contribution in [3.8, 4) is 0 Å². The van der Waals surface area contributed by atoms with E-state index in [-0.39, 0.29) is 0 Å². The van der Waals surface area contributed by atoms with Gasteiger partial charge >= 0.3 is 0 Å². The molecular formula is C18H17BrN2. The molecule has 0 fully saturated rings. The van der Waals surface area contributed by atoms with Crippen LogP contribution in [0.4, 0.5) is 0 Å². The van der Waals surface area contributed by atoms with Gasteiger partial charge in [-0.05, 0) is 35.7 Å². The first kappa shape index (κ1) is 14.1. The van der Waals surface area contributed by atoms with E-state index in [1.165, 1.54) is 16.7 Å². The molecule has 1 aromatic heterocycles. The van der Waals surface area contributed by atoms with E-state index in [1.54, 1.807) is 0 Å². The molecule has 0 aliphatic heterocycles. The van der Waals surface area contributed by atoms with Crippen LogP contribution in [0.2, 0.25) is 0 Å². The van der Waals surface area contributed by atoms with Crippen LogP contribution >= 0.6 is 15.9 Å². The molecule has 2 aromatic carbocycles. The molecule has 106 valence electrons. The number of rotatable bonds is 4. The molecule has 0 spiro atoms. The molecule has 21 heavy (non-hydrogen) atoms. The Hall–Kier alpha value is -1.87. The van der Waals surface area contributed by atoms with Crippen LogP contribution in [-0.2, 0) is 12.8 Å². The molecule has 0 aliphatic carbocycles. The van der Waals surface area contributed by atoms with Gasteiger partial charge in [0.05, 0.1) is 0 Å². The highest BCUT2D eigenvalue weighted by Gasteiger charge is 2.05. The standard InChI is InChI=1S/C18H17BrN2/c1-13-4-2-3-5-15(13)11-18-20-12-17(21-18)10-14-6-8-16(19)9-7-14/h2-9,12H,10-11H2,1H3,(H,20,21). The second-order valence-electron chi connectivity index (χ2n) is 5.26. The lowest BCUT2D eigenvalue weighted by atomic mass is 10.1. The van der Waals surface area contributed by atoms with Crippen LogP contribution in [0.15, 0.2) is 59.2 Å². The minimum absolute atomic E-state index is 0.854. The number of H-pyrrole nitrogens is 1. The topological polar surface area (TPSA) is 28.7 Å². The van der Waals surface area contributed by atoms with Gasteiger partial charge in [0.1, 0.15) is 5.82 Å². The van der Waals surface area contributed by atoms with Gasteiger partial charge in [0.25, 0.3) is 0 Å². The van der Waals surface area contributed by atoms with E-state index < -0.39 is 0 Å². The first-order chi connectivity index (χ1) is 10.2. The van der Waals surface area contributed by atoms with Gasteiger partial charge in [0.2, 0.25) is 0 Å². The van der Waals surface area contributed by atoms with E-state index in [0.717, 1.165) is 28.8 Å². The molecular weight excluding hydrogens is 324 g/mol. The van der Waals surface area contributed by atoms with Gasteiger partial charge in [-0.3, -0.25) is 0 Å². The molecule has 0 saturated carbocycles. The third-order valence-electron chi connectivity index (χ3n) is 3.61. The Kier molecular flexibility index (Phi) is 4.20. The first-order valence-corrected chi connectivity index (χ1v) is 7.82. The number of hydrogen-bond donors (Lipinski definition) is 1. The summed E-state index contributed by atoms with van der Waals surface area (Å²) in [4.78, 5) is 7.93. The van der Waals surface area contributed by atoms with E-state index in [1.807, 2.05) is 6.20 Å². The molecule has 3 heteroatoms. The van der Waals surface area contributed by atoms with E-state index in [9.17, 15) is 0 Å². The fourth-order valence-corrected chi connectivity index (χ4v) is 2.66. The highest BCUT2D eigenvalue weighted by atomic mass is 79.9. The smallest absolute Gasteiger partial charge is 0.110 e. The van der Waals surface area contributed by atoms with Crippen LogP contribution in [0.1, 0.15) is 28.2 Å². The van der Waals surface area contributed by atoms with Gasteiger partial charge in [-0.15, -0.1) is 0 Å². The van der Waals surface area contributed by atoms with Crippen LogP contribution in [0.5, 0.6) is 0 Å². The van der Waals surface area contributed by atoms with Crippen LogP contribution in [0, 0.1) is 6.92 Å². The molecule has 1 heterocycles. The normalized spacial score (nSPS) is 10.8. The lowest BCUT2D eigenvalue weighted by molar-refractivity contribution is 0.991. The van der Waals surface area contributed by atoms with Gasteiger partial charge in [0, 0.05) is 29.2 Å². The van der Waals surface area contributed by atoms with E-state index in [2.05, 4.69) is 81.4 Å². The molecule has 1 N–H and O–H groups in total. The molecule has 3 aromatic rings. The highest BCUT2D eigenvalue weighted by molar-refractivity contribution is 9.10. The van der Waals surface area contributed by atoms with Crippen LogP contribution in [-0.4, -0.2) is 9.97 Å². The minimum Gasteiger partial charge on any atom is -0.345 e. The largest absolute Gasteiger partial charge is 0.345 e. The molecule has 0 amide bonds. The van der Waals surface area contributed by atoms with Crippen LogP contribution < -0.4 is 0 Å². The highest BCUT2D eigenvalue weighted by Crippen LogP contribution is 2.15. The number of benzene rings is 2. The summed E-state index contributed by atoms with van der Waals surface area (Å²) in [5, 5.41) is 0. The van der Waals surface area contributed by atoms with Gasteiger partial charge < -0.3 is 4.98 Å². The lowest BCUT2D eigenvalue weighted by Gasteiger charge is -2.03. The lowest BCUT2D eigenvalue weighted by Crippen LogP contribution is -1.94. The van der Waals surface area contributed by atoms with E-state index in [0.29, 0.717) is 0 Å². The number of nitrogens with zero attached hydrogens (tertiary/aromatic N) is 1. The number of imidazole rings is 1. The summed E-state index contributed by atoms with van der Waals surface area (Å²) < 4.78 is 1.11. The molecule has 0 aliphatic rings. The maximum atomic E-state index is 4.50. The summed E-state index contributed by atoms with van der Waals surface area (Å²) in [7, 11) is 0. The fourth-order valence-electron chi connectivity index (χ4n) is 2.40. The zero-order valence-corrected chi connectivity index (χ0v) is 13.5. The van der Waals surface area contributed by atoms with Gasteiger partial charge in [0.15, 0.2) is 0 Å². The number of aromatic nitrogens is 2. The molecule has 0 radical (unpaired) electrons. The summed E-state index contributed by atoms with van der Waals surface area (Å²) in [5.41, 5.74) is 5.07. The van der Waals surface area contributed by atoms with Crippen molar-refractivity contribution >= 4 is 15.9 Å². The first-order valence-electron chi connectivity index (χ1n) is 7.02. The Balaban J connectivity index is 1.72. The van der Waals surface area contributed by atoms with Gasteiger partial charge in [-0.25, -0.2) is 4.98 Å². The monoisotopic (exact) mass is 340 g/mol. The summed E-state index contributed by atoms with van der Waals surface area (Å²) >= 11 is 3.46. The van der Waals surface area contributed by atoms with Crippen LogP contribution in [0.3, 0.4) is 0 Å². The number of halogens is 1. The van der Waals surface area contributed by atoms with E-state index in [4.69, 9.17) is 0 Å². The second-order valence-corrected chi connectivity index (χ2v) is 6.18. The average molecular weight is 341 g/mol. The Bertz CT molecular complexity index is 729. The quantitative estimate of drug-likeness (QED) is 0.734. The van der Waals surface area contributed by atoms with Crippen molar-refractivity contribution in [2.45, 2.75) is 19.8 Å². The zero-order chi connectivity index (χ0) is 14.7. The minimum atomic E-state index is 0.854. The fraction of sp³-hybridized carbons (Fsp3) is 0.167. The molecule has 2 nitrogen and oxygen atoms in total. The molecule has 0 saturated heterocycles. The van der Waals surface area contributed by atoms with Gasteiger partial charge in [-0.1, -0.05) is 52.3 Å². The molecule has 0 bridgehead atoms. The van der Waals surface area contributed by atoms with Crippen molar-refractivity contribution in [1.82, 2.24) is 9.97 Å². The molecule has 0 atom stereocenters. The predicted molar refractivity (Wildman–Crippen MR) is 89.5 cm³/mol. The maximum absolute atomic E-state index is 4.50. The third-order valence-corrected chi connectivity index (χ3v) is 4.14. The Morgan fingerprint density at radius 2 is 1.76 bits per heavy atom. The van der Waals surface area contributed by atoms with Crippen molar-refractivity contribution in [2.24, 2.45) is 0 Å². The Morgan fingerprint density at radius 3 is 2.52 bits per heavy atom. The second kappa shape index (κ2) is 6.27. The Morgan fingerprint density at radius 1 is 1.00 bits per heavy atom. The number of hydrogen-bond acceptors (Lipinski definition) is 1. The van der Waals surface area contributed by atoms with Crippen molar-refractivity contribution in [2.75, 3.05) is 0 Å². The van der Waals surface area contributed by atoms with Crippen molar-refractivity contribution in [3.05, 3.63) is 87.4 Å². The predicted octanol–water partition coefficient (Wildman–Crippen LogP) is 4.66. The summed E-state index contributed by atoms with van der Waals surface area (Å²) in [5.74, 6) is 1.02. The average Bonchev–Trinajstić information content (AvgIpc) is 2.91. The van der Waals surface area contributed by atoms with Crippen molar-refractivity contribution < 1.29 is 0 Å². The summed E-state index contributed by atoms with van der Waals surface area (Å²) in [6.07, 6.45) is 3.68. The Labute approximate surface area is 133 Å². The van der Waals surface area contributed by atoms with Crippen molar-refractivity contribution in [1.29, 1.82) is 0 Å². The summed E-state index contributed by atoms with van der Waals surface area (Å²) in [6, 6.07) is 16.8. The number of aryl methyl sites for hydroxylation is 1. The maximum Gasteiger partial charge on any atom is 0.110 e. The molecule has 3 rings (SSSR count). The van der Waals surface area contributed by atoms with E-state index >= 15 is 0 Å². The number of nitrogens with one attached hydrogen (secondary N) is 1. The zero-order valence-electron chi connectivity index (χ0n) is 11.9.